The molecule has 2 rings (SSSR count). The third-order valence-electron chi connectivity index (χ3n) is 3.55. The van der Waals surface area contributed by atoms with Gasteiger partial charge in [-0.15, -0.1) is 0 Å². The minimum atomic E-state index is -0.655. The number of piperidine rings is 1. The third-order valence-corrected chi connectivity index (χ3v) is 3.55. The third kappa shape index (κ3) is 3.96. The fourth-order valence-corrected chi connectivity index (χ4v) is 2.50. The maximum Gasteiger partial charge on any atom is 0.306 e. The molecule has 4 nitrogen and oxygen atoms in total. The molecule has 0 aromatic heterocycles. The van der Waals surface area contributed by atoms with Crippen LogP contribution in [0.5, 0.6) is 5.75 Å². The smallest absolute Gasteiger partial charge is 0.306 e. The monoisotopic (exact) mass is 263 g/mol. The van der Waals surface area contributed by atoms with Gasteiger partial charge in [-0.05, 0) is 50.6 Å². The fraction of sp³-hybridized carbons (Fsp3) is 0.533. The molecule has 1 aromatic carbocycles. The van der Waals surface area contributed by atoms with Crippen molar-refractivity contribution in [3.63, 3.8) is 0 Å². The van der Waals surface area contributed by atoms with Gasteiger partial charge in [-0.1, -0.05) is 12.1 Å². The molecular formula is C15H21NO3. The Morgan fingerprint density at radius 3 is 2.79 bits per heavy atom. The first-order chi connectivity index (χ1) is 9.19. The first kappa shape index (κ1) is 13.9. The Morgan fingerprint density at radius 2 is 2.16 bits per heavy atom. The molecule has 4 heteroatoms. The van der Waals surface area contributed by atoms with E-state index < -0.39 is 5.97 Å². The summed E-state index contributed by atoms with van der Waals surface area (Å²) in [7, 11) is 0. The average Bonchev–Trinajstić information content (AvgIpc) is 2.40. The lowest BCUT2D eigenvalue weighted by Gasteiger charge is -2.30. The Morgan fingerprint density at radius 1 is 1.42 bits per heavy atom. The van der Waals surface area contributed by atoms with Crippen molar-refractivity contribution in [2.45, 2.75) is 26.3 Å². The predicted octanol–water partition coefficient (Wildman–Crippen LogP) is 2.38. The van der Waals surface area contributed by atoms with Crippen LogP contribution in [0.25, 0.3) is 0 Å². The summed E-state index contributed by atoms with van der Waals surface area (Å²) in [5.74, 6) is 0.0874. The van der Waals surface area contributed by atoms with Crippen LogP contribution in [0.2, 0.25) is 0 Å². The molecule has 19 heavy (non-hydrogen) atoms. The minimum absolute atomic E-state index is 0.161. The van der Waals surface area contributed by atoms with Crippen molar-refractivity contribution in [2.24, 2.45) is 5.92 Å². The van der Waals surface area contributed by atoms with E-state index in [0.717, 1.165) is 38.2 Å². The molecular weight excluding hydrogens is 242 g/mol. The zero-order valence-electron chi connectivity index (χ0n) is 11.3. The van der Waals surface area contributed by atoms with E-state index in [2.05, 4.69) is 17.0 Å². The summed E-state index contributed by atoms with van der Waals surface area (Å²) in [5.41, 5.74) is 1.22. The molecule has 1 N–H and O–H groups in total. The highest BCUT2D eigenvalue weighted by molar-refractivity contribution is 5.70. The van der Waals surface area contributed by atoms with E-state index in [1.807, 2.05) is 19.1 Å². The van der Waals surface area contributed by atoms with E-state index in [1.54, 1.807) is 0 Å². The van der Waals surface area contributed by atoms with E-state index in [1.165, 1.54) is 5.56 Å². The number of aliphatic carboxylic acids is 1. The SMILES string of the molecule is CCOc1cccc(CN2CCC(C(=O)O)CC2)c1. The summed E-state index contributed by atoms with van der Waals surface area (Å²) in [6, 6.07) is 8.12. The van der Waals surface area contributed by atoms with E-state index in [-0.39, 0.29) is 5.92 Å². The standard InChI is InChI=1S/C15H21NO3/c1-2-19-14-5-3-4-12(10-14)11-16-8-6-13(7-9-16)15(17)18/h3-5,10,13H,2,6-9,11H2,1H3,(H,17,18). The lowest BCUT2D eigenvalue weighted by Crippen LogP contribution is -2.35. The van der Waals surface area contributed by atoms with Gasteiger partial charge >= 0.3 is 5.97 Å². The number of likely N-dealkylation sites (tertiary alicyclic amines) is 1. The van der Waals surface area contributed by atoms with Crippen molar-refractivity contribution in [3.05, 3.63) is 29.8 Å². The second-order valence-electron chi connectivity index (χ2n) is 4.97. The summed E-state index contributed by atoms with van der Waals surface area (Å²) in [6.07, 6.45) is 1.50. The van der Waals surface area contributed by atoms with Crippen LogP contribution in [-0.4, -0.2) is 35.7 Å². The van der Waals surface area contributed by atoms with E-state index in [9.17, 15) is 4.79 Å². The summed E-state index contributed by atoms with van der Waals surface area (Å²) >= 11 is 0. The summed E-state index contributed by atoms with van der Waals surface area (Å²) in [6.45, 7) is 5.23. The fourth-order valence-electron chi connectivity index (χ4n) is 2.50. The highest BCUT2D eigenvalue weighted by Crippen LogP contribution is 2.20. The van der Waals surface area contributed by atoms with E-state index in [0.29, 0.717) is 6.61 Å². The molecule has 1 heterocycles. The molecule has 0 saturated carbocycles. The van der Waals surface area contributed by atoms with Gasteiger partial charge in [-0.25, -0.2) is 0 Å². The molecule has 0 unspecified atom stereocenters. The molecule has 104 valence electrons. The van der Waals surface area contributed by atoms with Gasteiger partial charge in [0.15, 0.2) is 0 Å². The zero-order chi connectivity index (χ0) is 13.7. The van der Waals surface area contributed by atoms with Crippen LogP contribution < -0.4 is 4.74 Å². The molecule has 1 aliphatic rings. The van der Waals surface area contributed by atoms with E-state index in [4.69, 9.17) is 9.84 Å². The molecule has 0 amide bonds. The highest BCUT2D eigenvalue weighted by atomic mass is 16.5. The minimum Gasteiger partial charge on any atom is -0.494 e. The highest BCUT2D eigenvalue weighted by Gasteiger charge is 2.24. The van der Waals surface area contributed by atoms with Gasteiger partial charge in [0.25, 0.3) is 0 Å². The molecule has 0 aliphatic carbocycles. The Balaban J connectivity index is 1.88. The van der Waals surface area contributed by atoms with Gasteiger partial charge < -0.3 is 9.84 Å². The van der Waals surface area contributed by atoms with Gasteiger partial charge in [-0.2, -0.15) is 0 Å². The second-order valence-corrected chi connectivity index (χ2v) is 4.97. The van der Waals surface area contributed by atoms with Gasteiger partial charge in [0.05, 0.1) is 12.5 Å². The maximum absolute atomic E-state index is 10.9. The molecule has 0 atom stereocenters. The molecule has 1 saturated heterocycles. The summed E-state index contributed by atoms with van der Waals surface area (Å²) < 4.78 is 5.49. The largest absolute Gasteiger partial charge is 0.494 e. The Hall–Kier alpha value is -1.55. The van der Waals surface area contributed by atoms with Crippen molar-refractivity contribution in [3.8, 4) is 5.75 Å². The predicted molar refractivity (Wildman–Crippen MR) is 73.2 cm³/mol. The van der Waals surface area contributed by atoms with Crippen molar-refractivity contribution in [1.82, 2.24) is 4.90 Å². The first-order valence-corrected chi connectivity index (χ1v) is 6.86. The number of hydrogen-bond acceptors (Lipinski definition) is 3. The van der Waals surface area contributed by atoms with Crippen LogP contribution >= 0.6 is 0 Å². The quantitative estimate of drug-likeness (QED) is 0.886. The Kier molecular flexibility index (Phi) is 4.80. The lowest BCUT2D eigenvalue weighted by atomic mass is 9.97. The molecule has 1 fully saturated rings. The van der Waals surface area contributed by atoms with E-state index >= 15 is 0 Å². The van der Waals surface area contributed by atoms with Gasteiger partial charge in [0.2, 0.25) is 0 Å². The van der Waals surface area contributed by atoms with Gasteiger partial charge in [0, 0.05) is 6.54 Å². The topological polar surface area (TPSA) is 49.8 Å². The number of hydrogen-bond donors (Lipinski definition) is 1. The first-order valence-electron chi connectivity index (χ1n) is 6.86. The van der Waals surface area contributed by atoms with Crippen LogP contribution in [-0.2, 0) is 11.3 Å². The molecule has 0 radical (unpaired) electrons. The summed E-state index contributed by atoms with van der Waals surface area (Å²) in [4.78, 5) is 13.2. The lowest BCUT2D eigenvalue weighted by molar-refractivity contribution is -0.143. The van der Waals surface area contributed by atoms with Crippen LogP contribution in [0.1, 0.15) is 25.3 Å². The van der Waals surface area contributed by atoms with Gasteiger partial charge in [-0.3, -0.25) is 9.69 Å². The summed E-state index contributed by atoms with van der Waals surface area (Å²) in [5, 5.41) is 8.97. The Bertz CT molecular complexity index is 425. The zero-order valence-corrected chi connectivity index (χ0v) is 11.3. The molecule has 1 aliphatic heterocycles. The number of carboxylic acids is 1. The number of nitrogens with zero attached hydrogens (tertiary/aromatic N) is 1. The van der Waals surface area contributed by atoms with Gasteiger partial charge in [0.1, 0.15) is 5.75 Å². The van der Waals surface area contributed by atoms with Crippen molar-refractivity contribution < 1.29 is 14.6 Å². The second kappa shape index (κ2) is 6.57. The number of ether oxygens (including phenoxy) is 1. The average molecular weight is 263 g/mol. The number of carbonyl (C=O) groups is 1. The number of benzene rings is 1. The van der Waals surface area contributed by atoms with Crippen LogP contribution in [0.4, 0.5) is 0 Å². The van der Waals surface area contributed by atoms with Crippen molar-refractivity contribution in [1.29, 1.82) is 0 Å². The van der Waals surface area contributed by atoms with Crippen LogP contribution in [0.3, 0.4) is 0 Å². The normalized spacial score (nSPS) is 17.3. The molecule has 0 bridgehead atoms. The Labute approximate surface area is 114 Å². The number of carboxylic acid groups (broad SMARTS) is 1. The molecule has 1 aromatic rings. The van der Waals surface area contributed by atoms with Crippen LogP contribution in [0, 0.1) is 5.92 Å². The maximum atomic E-state index is 10.9. The molecule has 0 spiro atoms. The van der Waals surface area contributed by atoms with Crippen LogP contribution in [0.15, 0.2) is 24.3 Å². The van der Waals surface area contributed by atoms with Crippen molar-refractivity contribution in [2.75, 3.05) is 19.7 Å². The number of rotatable bonds is 5. The van der Waals surface area contributed by atoms with Crippen molar-refractivity contribution >= 4 is 5.97 Å².